The van der Waals surface area contributed by atoms with Crippen molar-refractivity contribution in [3.63, 3.8) is 0 Å². The second kappa shape index (κ2) is 3.65. The van der Waals surface area contributed by atoms with Gasteiger partial charge in [-0.25, -0.2) is 8.78 Å². The Morgan fingerprint density at radius 1 is 1.29 bits per heavy atom. The maximum Gasteiger partial charge on any atom is 0.164 e. The van der Waals surface area contributed by atoms with Crippen LogP contribution in [0.15, 0.2) is 12.1 Å². The first-order valence-electron chi connectivity index (χ1n) is 4.64. The summed E-state index contributed by atoms with van der Waals surface area (Å²) in [5.41, 5.74) is 5.59. The van der Waals surface area contributed by atoms with Crippen molar-refractivity contribution >= 4 is 0 Å². The van der Waals surface area contributed by atoms with Gasteiger partial charge >= 0.3 is 0 Å². The van der Waals surface area contributed by atoms with Crippen molar-refractivity contribution in [1.29, 1.82) is 0 Å². The van der Waals surface area contributed by atoms with Crippen LogP contribution >= 0.6 is 0 Å². The first-order chi connectivity index (χ1) is 6.40. The van der Waals surface area contributed by atoms with Gasteiger partial charge in [0.25, 0.3) is 0 Å². The molecule has 78 valence electrons. The fourth-order valence-electron chi connectivity index (χ4n) is 1.28. The van der Waals surface area contributed by atoms with Crippen molar-refractivity contribution < 1.29 is 8.78 Å². The van der Waals surface area contributed by atoms with Gasteiger partial charge < -0.3 is 5.73 Å². The Balaban J connectivity index is 3.31. The molecule has 0 amide bonds. The van der Waals surface area contributed by atoms with Gasteiger partial charge in [-0.3, -0.25) is 0 Å². The van der Waals surface area contributed by atoms with Crippen molar-refractivity contribution in [2.75, 3.05) is 0 Å². The van der Waals surface area contributed by atoms with Crippen LogP contribution in [0, 0.1) is 18.6 Å². The van der Waals surface area contributed by atoms with Crippen LogP contribution in [-0.4, -0.2) is 0 Å². The zero-order valence-corrected chi connectivity index (χ0v) is 8.70. The Bertz CT molecular complexity index is 345. The average molecular weight is 199 g/mol. The van der Waals surface area contributed by atoms with Crippen molar-refractivity contribution in [2.24, 2.45) is 5.73 Å². The summed E-state index contributed by atoms with van der Waals surface area (Å²) in [6.07, 6.45) is 0.562. The lowest BCUT2D eigenvalue weighted by atomic mass is 9.89. The van der Waals surface area contributed by atoms with E-state index in [1.54, 1.807) is 19.1 Å². The zero-order valence-electron chi connectivity index (χ0n) is 8.70. The zero-order chi connectivity index (χ0) is 10.9. The molecular weight excluding hydrogens is 184 g/mol. The summed E-state index contributed by atoms with van der Waals surface area (Å²) in [6, 6.07) is 3.10. The van der Waals surface area contributed by atoms with Crippen LogP contribution in [0.1, 0.15) is 31.4 Å². The van der Waals surface area contributed by atoms with E-state index in [2.05, 4.69) is 0 Å². The van der Waals surface area contributed by atoms with E-state index in [1.165, 1.54) is 6.92 Å². The van der Waals surface area contributed by atoms with Crippen LogP contribution < -0.4 is 5.73 Å². The molecule has 1 atom stereocenters. The van der Waals surface area contributed by atoms with Gasteiger partial charge in [-0.1, -0.05) is 19.1 Å². The molecule has 0 saturated carbocycles. The predicted molar refractivity (Wildman–Crippen MR) is 52.9 cm³/mol. The fourth-order valence-corrected chi connectivity index (χ4v) is 1.28. The molecule has 1 aromatic rings. The lowest BCUT2D eigenvalue weighted by Gasteiger charge is -2.24. The van der Waals surface area contributed by atoms with Gasteiger partial charge in [0, 0.05) is 11.1 Å². The molecule has 2 N–H and O–H groups in total. The molecule has 3 heteroatoms. The van der Waals surface area contributed by atoms with E-state index < -0.39 is 17.2 Å². The number of hydrogen-bond donors (Lipinski definition) is 1. The molecule has 0 aromatic heterocycles. The topological polar surface area (TPSA) is 26.0 Å². The number of nitrogens with two attached hydrogens (primary N) is 1. The number of rotatable bonds is 2. The Hall–Kier alpha value is -0.960. The predicted octanol–water partition coefficient (Wildman–Crippen LogP) is 2.86. The van der Waals surface area contributed by atoms with Crippen LogP contribution in [-0.2, 0) is 5.54 Å². The summed E-state index contributed by atoms with van der Waals surface area (Å²) < 4.78 is 26.7. The monoisotopic (exact) mass is 199 g/mol. The molecule has 0 fully saturated rings. The van der Waals surface area contributed by atoms with Crippen molar-refractivity contribution in [2.45, 2.75) is 32.7 Å². The number of benzene rings is 1. The summed E-state index contributed by atoms with van der Waals surface area (Å²) >= 11 is 0. The molecule has 0 radical (unpaired) electrons. The van der Waals surface area contributed by atoms with Gasteiger partial charge in [-0.2, -0.15) is 0 Å². The maximum absolute atomic E-state index is 13.5. The Kier molecular flexibility index (Phi) is 2.90. The molecule has 1 nitrogen and oxygen atoms in total. The van der Waals surface area contributed by atoms with Crippen LogP contribution in [0.5, 0.6) is 0 Å². The molecule has 14 heavy (non-hydrogen) atoms. The summed E-state index contributed by atoms with van der Waals surface area (Å²) in [5, 5.41) is 0. The van der Waals surface area contributed by atoms with Gasteiger partial charge in [-0.15, -0.1) is 0 Å². The summed E-state index contributed by atoms with van der Waals surface area (Å²) in [6.45, 7) is 5.07. The highest BCUT2D eigenvalue weighted by Gasteiger charge is 2.24. The first-order valence-corrected chi connectivity index (χ1v) is 4.64. The lowest BCUT2D eigenvalue weighted by molar-refractivity contribution is 0.420. The van der Waals surface area contributed by atoms with Crippen LogP contribution in [0.4, 0.5) is 8.78 Å². The minimum atomic E-state index is -0.822. The van der Waals surface area contributed by atoms with Crippen molar-refractivity contribution in [3.05, 3.63) is 34.9 Å². The van der Waals surface area contributed by atoms with Gasteiger partial charge in [0.05, 0.1) is 0 Å². The lowest BCUT2D eigenvalue weighted by Crippen LogP contribution is -2.33. The molecule has 0 spiro atoms. The normalized spacial score (nSPS) is 15.3. The molecule has 1 rings (SSSR count). The molecular formula is C11H15F2N. The van der Waals surface area contributed by atoms with E-state index in [-0.39, 0.29) is 5.56 Å². The second-order valence-electron chi connectivity index (χ2n) is 3.83. The summed E-state index contributed by atoms with van der Waals surface area (Å²) in [5.74, 6) is -1.62. The van der Waals surface area contributed by atoms with Crippen molar-refractivity contribution in [3.8, 4) is 0 Å². The maximum atomic E-state index is 13.5. The van der Waals surface area contributed by atoms with Gasteiger partial charge in [0.2, 0.25) is 0 Å². The minimum Gasteiger partial charge on any atom is -0.322 e. The van der Waals surface area contributed by atoms with E-state index in [0.29, 0.717) is 12.0 Å². The average Bonchev–Trinajstić information content (AvgIpc) is 2.14. The Morgan fingerprint density at radius 3 is 2.36 bits per heavy atom. The second-order valence-corrected chi connectivity index (χ2v) is 3.83. The highest BCUT2D eigenvalue weighted by atomic mass is 19.2. The van der Waals surface area contributed by atoms with E-state index in [4.69, 9.17) is 5.73 Å². The van der Waals surface area contributed by atoms with E-state index >= 15 is 0 Å². The summed E-state index contributed by atoms with van der Waals surface area (Å²) in [4.78, 5) is 0. The minimum absolute atomic E-state index is 0.239. The molecule has 0 bridgehead atoms. The van der Waals surface area contributed by atoms with Crippen LogP contribution in [0.2, 0.25) is 0 Å². The molecule has 0 aliphatic heterocycles. The molecule has 0 aliphatic carbocycles. The van der Waals surface area contributed by atoms with Gasteiger partial charge in [-0.05, 0) is 25.8 Å². The summed E-state index contributed by atoms with van der Waals surface area (Å²) in [7, 11) is 0. The third-order valence-corrected chi connectivity index (χ3v) is 2.63. The number of aryl methyl sites for hydroxylation is 1. The Labute approximate surface area is 82.9 Å². The fraction of sp³-hybridized carbons (Fsp3) is 0.455. The highest BCUT2D eigenvalue weighted by molar-refractivity contribution is 5.30. The number of hydrogen-bond acceptors (Lipinski definition) is 1. The highest BCUT2D eigenvalue weighted by Crippen LogP contribution is 2.26. The molecule has 1 aromatic carbocycles. The largest absolute Gasteiger partial charge is 0.322 e. The van der Waals surface area contributed by atoms with Crippen molar-refractivity contribution in [1.82, 2.24) is 0 Å². The van der Waals surface area contributed by atoms with Crippen LogP contribution in [0.3, 0.4) is 0 Å². The first kappa shape index (κ1) is 11.1. The van der Waals surface area contributed by atoms with Gasteiger partial charge in [0.15, 0.2) is 11.6 Å². The number of halogens is 2. The Morgan fingerprint density at radius 2 is 1.86 bits per heavy atom. The van der Waals surface area contributed by atoms with E-state index in [1.807, 2.05) is 6.92 Å². The standard InChI is InChI=1S/C11H15F2N/c1-4-11(3,14)8-6-5-7(2)9(12)10(8)13/h5-6H,4,14H2,1-3H3. The van der Waals surface area contributed by atoms with E-state index in [0.717, 1.165) is 0 Å². The molecule has 0 saturated heterocycles. The SMILES string of the molecule is CCC(C)(N)c1ccc(C)c(F)c1F. The third-order valence-electron chi connectivity index (χ3n) is 2.63. The van der Waals surface area contributed by atoms with Gasteiger partial charge in [0.1, 0.15) is 0 Å². The molecule has 0 aliphatic rings. The molecule has 1 unspecified atom stereocenters. The third kappa shape index (κ3) is 1.77. The molecule has 0 heterocycles. The quantitative estimate of drug-likeness (QED) is 0.778. The van der Waals surface area contributed by atoms with Crippen LogP contribution in [0.25, 0.3) is 0 Å². The van der Waals surface area contributed by atoms with E-state index in [9.17, 15) is 8.78 Å². The smallest absolute Gasteiger partial charge is 0.164 e.